The third-order valence-corrected chi connectivity index (χ3v) is 7.28. The van der Waals surface area contributed by atoms with E-state index >= 15 is 0 Å². The van der Waals surface area contributed by atoms with E-state index in [2.05, 4.69) is 0 Å². The van der Waals surface area contributed by atoms with Crippen molar-refractivity contribution in [3.8, 4) is 11.1 Å². The van der Waals surface area contributed by atoms with Crippen LogP contribution < -0.4 is 0 Å². The summed E-state index contributed by atoms with van der Waals surface area (Å²) in [6.45, 7) is -0.119. The Kier molecular flexibility index (Phi) is 4.82. The van der Waals surface area contributed by atoms with E-state index in [0.29, 0.717) is 0 Å². The standard InChI is InChI=1S/C21H21NO6S/c1-29(26,27)13-10-19(20(23)24)22(11-13)21(25)28-12-18-16-8-4-2-6-14(16)15-7-3-5-9-17(15)18/h2-9,13,18-19H,10-12H2,1H3,(H,23,24)/t13-,19+/m1/s1. The van der Waals surface area contributed by atoms with Crippen LogP contribution in [-0.2, 0) is 19.4 Å². The first kappa shape index (κ1) is 19.4. The molecule has 0 saturated carbocycles. The highest BCUT2D eigenvalue weighted by molar-refractivity contribution is 7.91. The lowest BCUT2D eigenvalue weighted by molar-refractivity contribution is -0.141. The number of aliphatic carboxylic acids is 1. The molecule has 0 spiro atoms. The molecule has 8 heteroatoms. The molecule has 1 saturated heterocycles. The molecular formula is C21H21NO6S. The van der Waals surface area contributed by atoms with Crippen molar-refractivity contribution in [1.29, 1.82) is 0 Å². The van der Waals surface area contributed by atoms with Crippen LogP contribution in [0.4, 0.5) is 4.79 Å². The number of carboxylic acid groups (broad SMARTS) is 1. The lowest BCUT2D eigenvalue weighted by atomic mass is 9.98. The Morgan fingerprint density at radius 3 is 2.14 bits per heavy atom. The molecule has 2 atom stereocenters. The summed E-state index contributed by atoms with van der Waals surface area (Å²) in [6.07, 6.45) is 0.126. The van der Waals surface area contributed by atoms with Gasteiger partial charge in [-0.3, -0.25) is 4.90 Å². The van der Waals surface area contributed by atoms with Gasteiger partial charge in [-0.15, -0.1) is 0 Å². The van der Waals surface area contributed by atoms with Crippen molar-refractivity contribution >= 4 is 21.9 Å². The number of carboxylic acids is 1. The first-order chi connectivity index (χ1) is 13.8. The van der Waals surface area contributed by atoms with E-state index in [1.807, 2.05) is 48.5 Å². The number of likely N-dealkylation sites (tertiary alicyclic amines) is 1. The topological polar surface area (TPSA) is 101 Å². The summed E-state index contributed by atoms with van der Waals surface area (Å²) in [5.74, 6) is -1.38. The second kappa shape index (κ2) is 7.18. The van der Waals surface area contributed by atoms with Crippen LogP contribution in [-0.4, -0.2) is 61.2 Å². The van der Waals surface area contributed by atoms with E-state index in [1.54, 1.807) is 0 Å². The lowest BCUT2D eigenvalue weighted by Crippen LogP contribution is -2.41. The highest BCUT2D eigenvalue weighted by atomic mass is 32.2. The molecule has 29 heavy (non-hydrogen) atoms. The van der Waals surface area contributed by atoms with Crippen molar-refractivity contribution in [3.63, 3.8) is 0 Å². The number of sulfone groups is 1. The number of benzene rings is 2. The average molecular weight is 415 g/mol. The van der Waals surface area contributed by atoms with Crippen LogP contribution in [0, 0.1) is 0 Å². The van der Waals surface area contributed by atoms with E-state index in [-0.39, 0.29) is 25.5 Å². The molecule has 0 aromatic heterocycles. The Balaban J connectivity index is 1.53. The van der Waals surface area contributed by atoms with Gasteiger partial charge in [-0.25, -0.2) is 18.0 Å². The molecule has 1 N–H and O–H groups in total. The zero-order chi connectivity index (χ0) is 20.8. The number of amides is 1. The largest absolute Gasteiger partial charge is 0.480 e. The Morgan fingerprint density at radius 2 is 1.62 bits per heavy atom. The van der Waals surface area contributed by atoms with E-state index in [9.17, 15) is 23.1 Å². The maximum atomic E-state index is 12.7. The summed E-state index contributed by atoms with van der Waals surface area (Å²) in [5.41, 5.74) is 4.27. The maximum absolute atomic E-state index is 12.7. The van der Waals surface area contributed by atoms with Gasteiger partial charge in [0.05, 0.1) is 5.25 Å². The third-order valence-electron chi connectivity index (χ3n) is 5.72. The van der Waals surface area contributed by atoms with Crippen LogP contribution in [0.3, 0.4) is 0 Å². The number of nitrogens with zero attached hydrogens (tertiary/aromatic N) is 1. The molecule has 1 amide bonds. The molecule has 152 valence electrons. The minimum absolute atomic E-state index is 0.0548. The summed E-state index contributed by atoms with van der Waals surface area (Å²) in [4.78, 5) is 25.2. The quantitative estimate of drug-likeness (QED) is 0.823. The van der Waals surface area contributed by atoms with E-state index in [4.69, 9.17) is 4.74 Å². The Labute approximate surface area is 168 Å². The number of hydrogen-bond acceptors (Lipinski definition) is 5. The Morgan fingerprint density at radius 1 is 1.07 bits per heavy atom. The molecule has 1 heterocycles. The summed E-state index contributed by atoms with van der Waals surface area (Å²) >= 11 is 0. The molecule has 0 bridgehead atoms. The van der Waals surface area contributed by atoms with Crippen molar-refractivity contribution in [2.75, 3.05) is 19.4 Å². The summed E-state index contributed by atoms with van der Waals surface area (Å²) in [5, 5.41) is 8.51. The molecule has 2 aromatic carbocycles. The molecule has 0 unspecified atom stereocenters. The van der Waals surface area contributed by atoms with Gasteiger partial charge in [0.1, 0.15) is 12.6 Å². The molecular weight excluding hydrogens is 394 g/mol. The first-order valence-corrected chi connectivity index (χ1v) is 11.3. The Bertz CT molecular complexity index is 1030. The smallest absolute Gasteiger partial charge is 0.410 e. The van der Waals surface area contributed by atoms with Crippen LogP contribution in [0.2, 0.25) is 0 Å². The minimum atomic E-state index is -3.46. The lowest BCUT2D eigenvalue weighted by Gasteiger charge is -2.22. The van der Waals surface area contributed by atoms with Crippen molar-refractivity contribution in [3.05, 3.63) is 59.7 Å². The maximum Gasteiger partial charge on any atom is 0.410 e. The second-order valence-corrected chi connectivity index (χ2v) is 9.82. The van der Waals surface area contributed by atoms with E-state index < -0.39 is 33.2 Å². The van der Waals surface area contributed by atoms with Gasteiger partial charge in [0.2, 0.25) is 0 Å². The van der Waals surface area contributed by atoms with Crippen LogP contribution in [0.5, 0.6) is 0 Å². The van der Waals surface area contributed by atoms with E-state index in [0.717, 1.165) is 33.4 Å². The molecule has 1 fully saturated rings. The number of carbonyl (C=O) groups excluding carboxylic acids is 1. The minimum Gasteiger partial charge on any atom is -0.480 e. The van der Waals surface area contributed by atoms with Gasteiger partial charge in [0.25, 0.3) is 0 Å². The normalized spacial score (nSPS) is 20.9. The van der Waals surface area contributed by atoms with Gasteiger partial charge in [-0.05, 0) is 28.7 Å². The molecule has 1 aliphatic carbocycles. The zero-order valence-electron chi connectivity index (χ0n) is 15.8. The number of carbonyl (C=O) groups is 2. The number of hydrogen-bond donors (Lipinski definition) is 1. The van der Waals surface area contributed by atoms with Gasteiger partial charge in [0, 0.05) is 18.7 Å². The van der Waals surface area contributed by atoms with Crippen LogP contribution in [0.15, 0.2) is 48.5 Å². The third kappa shape index (κ3) is 3.48. The predicted octanol–water partition coefficient (Wildman–Crippen LogP) is 2.51. The second-order valence-electron chi connectivity index (χ2n) is 7.50. The fourth-order valence-electron chi connectivity index (χ4n) is 4.22. The van der Waals surface area contributed by atoms with Crippen molar-refractivity contribution in [1.82, 2.24) is 4.90 Å². The molecule has 7 nitrogen and oxygen atoms in total. The molecule has 1 aliphatic heterocycles. The molecule has 0 radical (unpaired) electrons. The molecule has 2 aliphatic rings. The Hall–Kier alpha value is -2.87. The van der Waals surface area contributed by atoms with Crippen molar-refractivity contribution in [2.24, 2.45) is 0 Å². The first-order valence-electron chi connectivity index (χ1n) is 9.30. The van der Waals surface area contributed by atoms with Crippen LogP contribution in [0.25, 0.3) is 11.1 Å². The summed E-state index contributed by atoms with van der Waals surface area (Å²) in [6, 6.07) is 14.6. The van der Waals surface area contributed by atoms with Gasteiger partial charge >= 0.3 is 12.1 Å². The highest BCUT2D eigenvalue weighted by Crippen LogP contribution is 2.44. The summed E-state index contributed by atoms with van der Waals surface area (Å²) < 4.78 is 29.2. The molecule has 4 rings (SSSR count). The van der Waals surface area contributed by atoms with Gasteiger partial charge in [0.15, 0.2) is 9.84 Å². The fraction of sp³-hybridized carbons (Fsp3) is 0.333. The fourth-order valence-corrected chi connectivity index (χ4v) is 5.18. The average Bonchev–Trinajstić information content (AvgIpc) is 3.27. The van der Waals surface area contributed by atoms with E-state index in [1.165, 1.54) is 0 Å². The van der Waals surface area contributed by atoms with Gasteiger partial charge in [-0.2, -0.15) is 0 Å². The predicted molar refractivity (Wildman–Crippen MR) is 106 cm³/mol. The monoisotopic (exact) mass is 415 g/mol. The number of rotatable bonds is 4. The van der Waals surface area contributed by atoms with Crippen molar-refractivity contribution in [2.45, 2.75) is 23.6 Å². The van der Waals surface area contributed by atoms with Gasteiger partial charge < -0.3 is 9.84 Å². The van der Waals surface area contributed by atoms with Crippen LogP contribution in [0.1, 0.15) is 23.5 Å². The number of ether oxygens (including phenoxy) is 1. The summed E-state index contributed by atoms with van der Waals surface area (Å²) in [7, 11) is -3.46. The van der Waals surface area contributed by atoms with Gasteiger partial charge in [-0.1, -0.05) is 48.5 Å². The van der Waals surface area contributed by atoms with Crippen molar-refractivity contribution < 1.29 is 27.9 Å². The van der Waals surface area contributed by atoms with Crippen LogP contribution >= 0.6 is 0 Å². The SMILES string of the molecule is CS(=O)(=O)[C@@H]1C[C@@H](C(=O)O)N(C(=O)OCC2c3ccccc3-c3ccccc32)C1. The number of fused-ring (bicyclic) bond motifs is 3. The zero-order valence-corrected chi connectivity index (χ0v) is 16.6. The highest BCUT2D eigenvalue weighted by Gasteiger charge is 2.44. The molecule has 2 aromatic rings.